The average Bonchev–Trinajstić information content (AvgIpc) is 2.21. The molecule has 0 bridgehead atoms. The van der Waals surface area contributed by atoms with Crippen molar-refractivity contribution in [2.75, 3.05) is 6.61 Å². The normalized spacial score (nSPS) is 10.4. The molecule has 0 aliphatic rings. The molecule has 0 heterocycles. The molecule has 0 saturated heterocycles. The molecule has 16 heavy (non-hydrogen) atoms. The van der Waals surface area contributed by atoms with Gasteiger partial charge in [0, 0.05) is 0 Å². The molecule has 1 nitrogen and oxygen atoms in total. The Labute approximate surface area is 96.2 Å². The average molecular weight is 252 g/mol. The lowest BCUT2D eigenvalue weighted by molar-refractivity contribution is 0.0446. The molecule has 1 rings (SSSR count). The van der Waals surface area contributed by atoms with Gasteiger partial charge in [-0.2, -0.15) is 8.78 Å². The van der Waals surface area contributed by atoms with Crippen LogP contribution in [0.15, 0.2) is 18.2 Å². The third-order valence-corrected chi connectivity index (χ3v) is 1.67. The van der Waals surface area contributed by atoms with E-state index in [2.05, 4.69) is 4.74 Å². The predicted molar refractivity (Wildman–Crippen MR) is 62.6 cm³/mol. The van der Waals surface area contributed by atoms with E-state index in [-0.39, 0.29) is 5.75 Å². The molecule has 1 unspecified atom stereocenters. The maximum atomic E-state index is 13.0. The van der Waals surface area contributed by atoms with E-state index in [9.17, 15) is 13.2 Å². The van der Waals surface area contributed by atoms with Crippen LogP contribution in [0.2, 0.25) is 0 Å². The van der Waals surface area contributed by atoms with Gasteiger partial charge in [-0.25, -0.2) is 4.39 Å². The van der Waals surface area contributed by atoms with Crippen molar-refractivity contribution in [2.24, 2.45) is 0 Å². The van der Waals surface area contributed by atoms with Crippen LogP contribution in [0.3, 0.4) is 0 Å². The van der Waals surface area contributed by atoms with Gasteiger partial charge in [0.2, 0.25) is 0 Å². The zero-order chi connectivity index (χ0) is 12.8. The number of halogens is 3. The molecule has 1 aromatic rings. The highest BCUT2D eigenvalue weighted by atomic mass is 31.0. The zero-order valence-electron chi connectivity index (χ0n) is 9.56. The molecule has 0 saturated carbocycles. The monoisotopic (exact) mass is 252 g/mol. The summed E-state index contributed by atoms with van der Waals surface area (Å²) in [4.78, 5) is 0. The zero-order valence-corrected chi connectivity index (χ0v) is 10.7. The molecule has 0 spiro atoms. The quantitative estimate of drug-likeness (QED) is 0.738. The van der Waals surface area contributed by atoms with Crippen molar-refractivity contribution in [1.82, 2.24) is 0 Å². The smallest absolute Gasteiger partial charge is 0.292 e. The Morgan fingerprint density at radius 2 is 1.88 bits per heavy atom. The van der Waals surface area contributed by atoms with Gasteiger partial charge in [-0.15, -0.1) is 0 Å². The van der Waals surface area contributed by atoms with Crippen molar-refractivity contribution in [3.8, 4) is 5.75 Å². The number of alkyl halides is 2. The van der Waals surface area contributed by atoms with E-state index in [1.54, 1.807) is 13.0 Å². The van der Waals surface area contributed by atoms with E-state index in [0.717, 1.165) is 5.56 Å². The Kier molecular flexibility index (Phi) is 6.42. The van der Waals surface area contributed by atoms with E-state index in [0.29, 0.717) is 0 Å². The predicted octanol–water partition coefficient (Wildman–Crippen LogP) is 4.01. The third kappa shape index (κ3) is 5.96. The summed E-state index contributed by atoms with van der Waals surface area (Å²) in [7, 11) is 1.33. The lowest BCUT2D eigenvalue weighted by atomic mass is 10.2. The van der Waals surface area contributed by atoms with Gasteiger partial charge in [-0.3, -0.25) is 0 Å². The van der Waals surface area contributed by atoms with Crippen LogP contribution < -0.4 is 4.74 Å². The Hall–Kier alpha value is -0.760. The number of benzene rings is 1. The molecule has 0 radical (unpaired) electrons. The second-order valence-electron chi connectivity index (χ2n) is 2.98. The molecule has 1 atom stereocenters. The van der Waals surface area contributed by atoms with Crippen molar-refractivity contribution in [3.63, 3.8) is 0 Å². The van der Waals surface area contributed by atoms with Gasteiger partial charge in [0.25, 0.3) is 5.66 Å². The Morgan fingerprint density at radius 3 is 2.38 bits per heavy atom. The topological polar surface area (TPSA) is 9.23 Å². The van der Waals surface area contributed by atoms with Gasteiger partial charge >= 0.3 is 0 Å². The van der Waals surface area contributed by atoms with E-state index >= 15 is 0 Å². The van der Waals surface area contributed by atoms with Crippen LogP contribution in [-0.2, 0) is 0 Å². The second kappa shape index (κ2) is 6.74. The molecule has 0 aromatic heterocycles. The maximum Gasteiger partial charge on any atom is 0.292 e. The molecule has 0 fully saturated rings. The largest absolute Gasteiger partial charge is 0.484 e. The summed E-state index contributed by atoms with van der Waals surface area (Å²) in [5, 5.41) is 0. The number of hydrogen-bond donors (Lipinski definition) is 0. The Morgan fingerprint density at radius 1 is 1.31 bits per heavy atom. The number of ether oxygens (including phenoxy) is 1. The Bertz CT molecular complexity index is 323. The highest BCUT2D eigenvalue weighted by molar-refractivity contribution is 7.18. The molecule has 0 aliphatic carbocycles. The second-order valence-corrected chi connectivity index (χ2v) is 3.83. The SMILES string of the molecule is CC.Cc1ccc(F)c(OCC(F)(F)P)c1. The fraction of sp³-hybridized carbons (Fsp3) is 0.455. The summed E-state index contributed by atoms with van der Waals surface area (Å²) >= 11 is 0. The van der Waals surface area contributed by atoms with E-state index < -0.39 is 18.1 Å². The molecule has 0 N–H and O–H groups in total. The fourth-order valence-electron chi connectivity index (χ4n) is 0.895. The third-order valence-electron chi connectivity index (χ3n) is 1.51. The first-order valence-corrected chi connectivity index (χ1v) is 5.52. The van der Waals surface area contributed by atoms with Gasteiger partial charge in [0.05, 0.1) is 0 Å². The first-order valence-electron chi connectivity index (χ1n) is 4.94. The Balaban J connectivity index is 0.00000106. The summed E-state index contributed by atoms with van der Waals surface area (Å²) in [5.74, 6) is -0.781. The van der Waals surface area contributed by atoms with E-state index in [4.69, 9.17) is 0 Å². The summed E-state index contributed by atoms with van der Waals surface area (Å²) in [6, 6.07) is 4.11. The highest BCUT2D eigenvalue weighted by Crippen LogP contribution is 2.25. The van der Waals surface area contributed by atoms with Crippen molar-refractivity contribution in [1.29, 1.82) is 0 Å². The molecular formula is C11H16F3OP. The van der Waals surface area contributed by atoms with Crippen LogP contribution in [0, 0.1) is 12.7 Å². The lowest BCUT2D eigenvalue weighted by Gasteiger charge is -2.12. The molecule has 0 amide bonds. The highest BCUT2D eigenvalue weighted by Gasteiger charge is 2.22. The summed E-state index contributed by atoms with van der Waals surface area (Å²) < 4.78 is 42.3. The van der Waals surface area contributed by atoms with E-state index in [1.165, 1.54) is 21.4 Å². The minimum absolute atomic E-state index is 0.146. The van der Waals surface area contributed by atoms with Crippen molar-refractivity contribution in [3.05, 3.63) is 29.6 Å². The van der Waals surface area contributed by atoms with Gasteiger partial charge < -0.3 is 4.74 Å². The van der Waals surface area contributed by atoms with Crippen LogP contribution in [0.4, 0.5) is 13.2 Å². The summed E-state index contributed by atoms with van der Waals surface area (Å²) in [6.45, 7) is 4.88. The molecular weight excluding hydrogens is 236 g/mol. The molecule has 1 aromatic carbocycles. The van der Waals surface area contributed by atoms with Crippen molar-refractivity contribution >= 4 is 9.24 Å². The molecule has 92 valence electrons. The number of hydrogen-bond acceptors (Lipinski definition) is 1. The number of rotatable bonds is 3. The standard InChI is InChI=1S/C9H10F3OP.C2H6/c1-6-2-3-7(10)8(4-6)13-5-9(11,12)14;1-2/h2-4H,5,14H2,1H3;1-2H3. The molecule has 5 heteroatoms. The van der Waals surface area contributed by atoms with Crippen LogP contribution >= 0.6 is 9.24 Å². The van der Waals surface area contributed by atoms with Crippen LogP contribution in [-0.4, -0.2) is 12.3 Å². The first kappa shape index (κ1) is 15.2. The maximum absolute atomic E-state index is 13.0. The first-order chi connectivity index (χ1) is 7.38. The minimum atomic E-state index is -3.03. The lowest BCUT2D eigenvalue weighted by Crippen LogP contribution is -2.17. The minimum Gasteiger partial charge on any atom is -0.484 e. The van der Waals surface area contributed by atoms with Gasteiger partial charge in [-0.05, 0) is 24.6 Å². The van der Waals surface area contributed by atoms with Gasteiger partial charge in [0.15, 0.2) is 18.2 Å². The van der Waals surface area contributed by atoms with Crippen molar-refractivity contribution in [2.45, 2.75) is 26.4 Å². The molecule has 0 aliphatic heterocycles. The van der Waals surface area contributed by atoms with Crippen molar-refractivity contribution < 1.29 is 17.9 Å². The van der Waals surface area contributed by atoms with Crippen LogP contribution in [0.5, 0.6) is 5.75 Å². The van der Waals surface area contributed by atoms with Gasteiger partial charge in [0.1, 0.15) is 0 Å². The number of aryl methyl sites for hydroxylation is 1. The van der Waals surface area contributed by atoms with Crippen LogP contribution in [0.25, 0.3) is 0 Å². The van der Waals surface area contributed by atoms with Crippen LogP contribution in [0.1, 0.15) is 19.4 Å². The summed E-state index contributed by atoms with van der Waals surface area (Å²) in [6.07, 6.45) is 0. The van der Waals surface area contributed by atoms with E-state index in [1.807, 2.05) is 13.8 Å². The fourth-order valence-corrected chi connectivity index (χ4v) is 0.978. The van der Waals surface area contributed by atoms with Gasteiger partial charge in [-0.1, -0.05) is 29.2 Å². The summed E-state index contributed by atoms with van der Waals surface area (Å²) in [5.41, 5.74) is -2.27.